The number of amides is 1. The van der Waals surface area contributed by atoms with E-state index in [0.717, 1.165) is 17.8 Å². The number of hydrogen-bond acceptors (Lipinski definition) is 6. The van der Waals surface area contributed by atoms with Crippen molar-refractivity contribution in [3.8, 4) is 0 Å². The number of benzene rings is 1. The van der Waals surface area contributed by atoms with Crippen molar-refractivity contribution in [1.29, 1.82) is 0 Å². The number of methoxy groups -OCH3 is 1. The summed E-state index contributed by atoms with van der Waals surface area (Å²) in [7, 11) is -2.76. The first-order valence-electron chi connectivity index (χ1n) is 9.93. The number of carbonyl (C=O) groups is 2. The van der Waals surface area contributed by atoms with Crippen molar-refractivity contribution in [2.75, 3.05) is 13.7 Å². The minimum atomic E-state index is -3.99. The standard InChI is InChI=1S/C21H25ClN2O5S2/c1-4-13(2)19(25)24-9-8-16-17(12-24)30-21(18(16)20(26)29-3)31(27,28)23-11-14-6-5-7-15(22)10-14/h5-7,10,13,23H,4,8-9,11-12H2,1-3H3. The van der Waals surface area contributed by atoms with E-state index < -0.39 is 16.0 Å². The molecule has 0 saturated carbocycles. The number of nitrogens with zero attached hydrogens (tertiary/aromatic N) is 1. The third-order valence-electron chi connectivity index (χ3n) is 5.36. The average Bonchev–Trinajstić information content (AvgIpc) is 3.16. The van der Waals surface area contributed by atoms with Gasteiger partial charge in [-0.1, -0.05) is 37.6 Å². The lowest BCUT2D eigenvalue weighted by Gasteiger charge is -2.29. The zero-order valence-electron chi connectivity index (χ0n) is 17.6. The van der Waals surface area contributed by atoms with Gasteiger partial charge in [0.25, 0.3) is 10.0 Å². The highest BCUT2D eigenvalue weighted by Crippen LogP contribution is 2.37. The van der Waals surface area contributed by atoms with Crippen LogP contribution in [0.3, 0.4) is 0 Å². The highest BCUT2D eigenvalue weighted by molar-refractivity contribution is 7.91. The van der Waals surface area contributed by atoms with Gasteiger partial charge in [0.1, 0.15) is 4.21 Å². The second kappa shape index (κ2) is 9.68. The molecule has 1 atom stereocenters. The fourth-order valence-electron chi connectivity index (χ4n) is 3.44. The van der Waals surface area contributed by atoms with Gasteiger partial charge >= 0.3 is 5.97 Å². The molecule has 0 saturated heterocycles. The summed E-state index contributed by atoms with van der Waals surface area (Å²) in [5.41, 5.74) is 1.41. The van der Waals surface area contributed by atoms with Gasteiger partial charge in [0.15, 0.2) is 0 Å². The van der Waals surface area contributed by atoms with Gasteiger partial charge in [-0.2, -0.15) is 0 Å². The van der Waals surface area contributed by atoms with Gasteiger partial charge in [-0.15, -0.1) is 11.3 Å². The molecule has 2 heterocycles. The number of thiophene rings is 1. The van der Waals surface area contributed by atoms with Gasteiger partial charge in [-0.05, 0) is 36.1 Å². The normalized spacial score (nSPS) is 14.8. The highest BCUT2D eigenvalue weighted by Gasteiger charge is 2.35. The van der Waals surface area contributed by atoms with E-state index in [1.54, 1.807) is 29.2 Å². The first kappa shape index (κ1) is 23.7. The Morgan fingerprint density at radius 3 is 2.74 bits per heavy atom. The molecule has 1 unspecified atom stereocenters. The molecule has 0 bridgehead atoms. The molecule has 0 radical (unpaired) electrons. The maximum Gasteiger partial charge on any atom is 0.340 e. The molecule has 1 aromatic carbocycles. The van der Waals surface area contributed by atoms with Gasteiger partial charge < -0.3 is 9.64 Å². The number of esters is 1. The third-order valence-corrected chi connectivity index (χ3v) is 8.73. The van der Waals surface area contributed by atoms with E-state index in [4.69, 9.17) is 16.3 Å². The summed E-state index contributed by atoms with van der Waals surface area (Å²) in [6.45, 7) is 4.59. The second-order valence-electron chi connectivity index (χ2n) is 7.43. The molecule has 1 aliphatic rings. The van der Waals surface area contributed by atoms with Gasteiger partial charge in [-0.25, -0.2) is 17.9 Å². The van der Waals surface area contributed by atoms with Gasteiger partial charge in [0.05, 0.1) is 19.2 Å². The quantitative estimate of drug-likeness (QED) is 0.606. The molecule has 1 amide bonds. The number of fused-ring (bicyclic) bond motifs is 1. The zero-order chi connectivity index (χ0) is 22.8. The lowest BCUT2D eigenvalue weighted by Crippen LogP contribution is -2.38. The molecular weight excluding hydrogens is 460 g/mol. The third kappa shape index (κ3) is 5.11. The summed E-state index contributed by atoms with van der Waals surface area (Å²) >= 11 is 6.99. The number of carbonyl (C=O) groups excluding carboxylic acids is 2. The van der Waals surface area contributed by atoms with E-state index in [1.165, 1.54) is 7.11 Å². The van der Waals surface area contributed by atoms with Crippen LogP contribution >= 0.6 is 22.9 Å². The minimum Gasteiger partial charge on any atom is -0.465 e. The van der Waals surface area contributed by atoms with Crippen LogP contribution in [0.25, 0.3) is 0 Å². The number of nitrogens with one attached hydrogen (secondary N) is 1. The Kier molecular flexibility index (Phi) is 7.41. The largest absolute Gasteiger partial charge is 0.465 e. The van der Waals surface area contributed by atoms with Crippen LogP contribution < -0.4 is 4.72 Å². The van der Waals surface area contributed by atoms with E-state index >= 15 is 0 Å². The molecule has 168 valence electrons. The Bertz CT molecular complexity index is 1100. The summed E-state index contributed by atoms with van der Waals surface area (Å²) in [5.74, 6) is -0.767. The zero-order valence-corrected chi connectivity index (χ0v) is 20.0. The van der Waals surface area contributed by atoms with Crippen molar-refractivity contribution in [2.24, 2.45) is 5.92 Å². The van der Waals surface area contributed by atoms with Crippen LogP contribution in [-0.2, 0) is 39.1 Å². The minimum absolute atomic E-state index is 0.0321. The van der Waals surface area contributed by atoms with Crippen LogP contribution in [0.5, 0.6) is 0 Å². The summed E-state index contributed by atoms with van der Waals surface area (Å²) in [6.07, 6.45) is 1.13. The van der Waals surface area contributed by atoms with Crippen LogP contribution in [-0.4, -0.2) is 38.8 Å². The molecule has 3 rings (SSSR count). The van der Waals surface area contributed by atoms with E-state index in [1.807, 2.05) is 13.8 Å². The molecular formula is C21H25ClN2O5S2. The Morgan fingerprint density at radius 1 is 1.35 bits per heavy atom. The molecule has 1 aromatic heterocycles. The first-order valence-corrected chi connectivity index (χ1v) is 12.6. The van der Waals surface area contributed by atoms with Gasteiger partial charge in [0, 0.05) is 28.9 Å². The Morgan fingerprint density at radius 2 is 2.10 bits per heavy atom. The van der Waals surface area contributed by atoms with Crippen LogP contribution in [0.4, 0.5) is 0 Å². The van der Waals surface area contributed by atoms with Gasteiger partial charge in [0.2, 0.25) is 5.91 Å². The van der Waals surface area contributed by atoms with Crippen LogP contribution in [0, 0.1) is 5.92 Å². The number of halogens is 1. The van der Waals surface area contributed by atoms with E-state index in [0.29, 0.717) is 34.0 Å². The monoisotopic (exact) mass is 484 g/mol. The van der Waals surface area contributed by atoms with E-state index in [9.17, 15) is 18.0 Å². The lowest BCUT2D eigenvalue weighted by molar-refractivity contribution is -0.135. The maximum atomic E-state index is 13.1. The fraction of sp³-hybridized carbons (Fsp3) is 0.429. The summed E-state index contributed by atoms with van der Waals surface area (Å²) < 4.78 is 33.5. The van der Waals surface area contributed by atoms with E-state index in [-0.39, 0.29) is 34.7 Å². The molecule has 31 heavy (non-hydrogen) atoms. The summed E-state index contributed by atoms with van der Waals surface area (Å²) in [5, 5.41) is 0.504. The molecule has 0 fully saturated rings. The second-order valence-corrected chi connectivity index (χ2v) is 10.9. The van der Waals surface area contributed by atoms with E-state index in [2.05, 4.69) is 4.72 Å². The number of ether oxygens (including phenoxy) is 1. The molecule has 10 heteroatoms. The summed E-state index contributed by atoms with van der Waals surface area (Å²) in [4.78, 5) is 27.5. The Labute approximate surface area is 191 Å². The first-order chi connectivity index (χ1) is 14.7. The predicted octanol–water partition coefficient (Wildman–Crippen LogP) is 3.60. The number of hydrogen-bond donors (Lipinski definition) is 1. The smallest absolute Gasteiger partial charge is 0.340 e. The number of sulfonamides is 1. The molecule has 1 aliphatic heterocycles. The fourth-order valence-corrected chi connectivity index (χ4v) is 6.61. The molecule has 2 aromatic rings. The van der Waals surface area contributed by atoms with Crippen LogP contribution in [0.1, 0.15) is 46.6 Å². The topological polar surface area (TPSA) is 92.8 Å². The maximum absolute atomic E-state index is 13.1. The molecule has 0 spiro atoms. The SMILES string of the molecule is CCC(C)C(=O)N1CCc2c(sc(S(=O)(=O)NCc3cccc(Cl)c3)c2C(=O)OC)C1. The average molecular weight is 485 g/mol. The Hall–Kier alpha value is -1.94. The Balaban J connectivity index is 1.92. The van der Waals surface area contributed by atoms with Crippen molar-refractivity contribution in [3.63, 3.8) is 0 Å². The van der Waals surface area contributed by atoms with Crippen molar-refractivity contribution >= 4 is 44.8 Å². The van der Waals surface area contributed by atoms with Crippen molar-refractivity contribution in [3.05, 3.63) is 50.9 Å². The van der Waals surface area contributed by atoms with Crippen molar-refractivity contribution < 1.29 is 22.7 Å². The van der Waals surface area contributed by atoms with Crippen molar-refractivity contribution in [1.82, 2.24) is 9.62 Å². The van der Waals surface area contributed by atoms with Crippen LogP contribution in [0.2, 0.25) is 5.02 Å². The lowest BCUT2D eigenvalue weighted by atomic mass is 10.0. The van der Waals surface area contributed by atoms with Gasteiger partial charge in [-0.3, -0.25) is 4.79 Å². The molecule has 1 N–H and O–H groups in total. The highest BCUT2D eigenvalue weighted by atomic mass is 35.5. The van der Waals surface area contributed by atoms with Crippen molar-refractivity contribution in [2.45, 2.75) is 44.0 Å². The number of rotatable bonds is 7. The summed E-state index contributed by atoms with van der Waals surface area (Å²) in [6, 6.07) is 6.86. The molecule has 0 aliphatic carbocycles. The predicted molar refractivity (Wildman–Crippen MR) is 120 cm³/mol. The molecule has 7 nitrogen and oxygen atoms in total. The van der Waals surface area contributed by atoms with Crippen LogP contribution in [0.15, 0.2) is 28.5 Å².